The van der Waals surface area contributed by atoms with Gasteiger partial charge in [-0.25, -0.2) is 12.7 Å². The van der Waals surface area contributed by atoms with E-state index in [1.165, 1.54) is 20.2 Å². The lowest BCUT2D eigenvalue weighted by Crippen LogP contribution is -2.30. The van der Waals surface area contributed by atoms with Crippen LogP contribution in [0.1, 0.15) is 41.0 Å². The topological polar surface area (TPSA) is 69.7 Å². The first-order chi connectivity index (χ1) is 12.8. The zero-order valence-electron chi connectivity index (χ0n) is 15.8. The molecule has 0 bridgehead atoms. The van der Waals surface area contributed by atoms with Crippen molar-refractivity contribution in [3.8, 4) is 0 Å². The van der Waals surface area contributed by atoms with Gasteiger partial charge in [0.05, 0.1) is 16.5 Å². The van der Waals surface area contributed by atoms with E-state index in [0.717, 1.165) is 40.8 Å². The molecular formula is C19H25N3O3S2. The molecule has 3 rings (SSSR count). The molecule has 8 heteroatoms. The Balaban J connectivity index is 1.97. The van der Waals surface area contributed by atoms with E-state index in [1.807, 2.05) is 24.4 Å². The molecule has 27 heavy (non-hydrogen) atoms. The molecule has 0 spiro atoms. The normalized spacial score (nSPS) is 15.9. The third-order valence-electron chi connectivity index (χ3n) is 4.76. The molecule has 6 nitrogen and oxygen atoms in total. The minimum Gasteiger partial charge on any atom is -0.371 e. The zero-order valence-corrected chi connectivity index (χ0v) is 17.4. The zero-order chi connectivity index (χ0) is 19.6. The summed E-state index contributed by atoms with van der Waals surface area (Å²) >= 11 is 1.58. The summed E-state index contributed by atoms with van der Waals surface area (Å²) in [4.78, 5) is 16.4. The molecule has 1 aromatic heterocycles. The monoisotopic (exact) mass is 407 g/mol. The van der Waals surface area contributed by atoms with Crippen molar-refractivity contribution in [2.24, 2.45) is 0 Å². The average molecular weight is 408 g/mol. The molecule has 2 heterocycles. The highest BCUT2D eigenvalue weighted by molar-refractivity contribution is 7.89. The van der Waals surface area contributed by atoms with Crippen LogP contribution in [-0.2, 0) is 10.0 Å². The van der Waals surface area contributed by atoms with Gasteiger partial charge in [-0.1, -0.05) is 6.07 Å². The Morgan fingerprint density at radius 3 is 2.52 bits per heavy atom. The molecule has 1 aliphatic rings. The summed E-state index contributed by atoms with van der Waals surface area (Å²) in [5.74, 6) is -0.256. The second kappa shape index (κ2) is 8.00. The van der Waals surface area contributed by atoms with Crippen LogP contribution in [0, 0.1) is 0 Å². The minimum absolute atomic E-state index is 0.129. The van der Waals surface area contributed by atoms with Crippen LogP contribution in [-0.4, -0.2) is 45.8 Å². The van der Waals surface area contributed by atoms with Crippen molar-refractivity contribution in [2.45, 2.75) is 30.7 Å². The predicted molar refractivity (Wildman–Crippen MR) is 109 cm³/mol. The quantitative estimate of drug-likeness (QED) is 0.799. The second-order valence-electron chi connectivity index (χ2n) is 6.87. The molecule has 2 aromatic rings. The highest BCUT2D eigenvalue weighted by Crippen LogP contribution is 2.29. The molecule has 146 valence electrons. The molecule has 1 unspecified atom stereocenters. The number of hydrogen-bond acceptors (Lipinski definition) is 5. The number of sulfonamides is 1. The van der Waals surface area contributed by atoms with Crippen LogP contribution in [0.25, 0.3) is 0 Å². The Labute approximate surface area is 164 Å². The molecule has 1 atom stereocenters. The van der Waals surface area contributed by atoms with E-state index in [4.69, 9.17) is 0 Å². The number of anilines is 1. The maximum absolute atomic E-state index is 13.0. The number of carbonyl (C=O) groups is 1. The molecular weight excluding hydrogens is 382 g/mol. The molecule has 0 saturated carbocycles. The number of nitrogens with one attached hydrogen (secondary N) is 1. The number of thiophene rings is 1. The number of nitrogens with zero attached hydrogens (tertiary/aromatic N) is 2. The number of hydrogen-bond donors (Lipinski definition) is 1. The fraction of sp³-hybridized carbons (Fsp3) is 0.421. The second-order valence-corrected chi connectivity index (χ2v) is 10.0. The Morgan fingerprint density at radius 2 is 1.93 bits per heavy atom. The van der Waals surface area contributed by atoms with E-state index in [2.05, 4.69) is 10.2 Å². The maximum Gasteiger partial charge on any atom is 0.253 e. The van der Waals surface area contributed by atoms with E-state index in [0.29, 0.717) is 5.56 Å². The number of amides is 1. The first-order valence-electron chi connectivity index (χ1n) is 8.96. The highest BCUT2D eigenvalue weighted by Gasteiger charge is 2.25. The van der Waals surface area contributed by atoms with Gasteiger partial charge in [0.1, 0.15) is 0 Å². The number of carbonyl (C=O) groups excluding carboxylic acids is 1. The lowest BCUT2D eigenvalue weighted by Gasteiger charge is -2.23. The summed E-state index contributed by atoms with van der Waals surface area (Å²) < 4.78 is 26.2. The first-order valence-corrected chi connectivity index (χ1v) is 11.3. The molecule has 1 amide bonds. The molecule has 1 N–H and O–H groups in total. The third-order valence-corrected chi connectivity index (χ3v) is 7.62. The van der Waals surface area contributed by atoms with Gasteiger partial charge in [0.15, 0.2) is 0 Å². The van der Waals surface area contributed by atoms with Gasteiger partial charge in [0.25, 0.3) is 5.91 Å². The van der Waals surface area contributed by atoms with Crippen molar-refractivity contribution in [3.63, 3.8) is 0 Å². The van der Waals surface area contributed by atoms with Crippen molar-refractivity contribution >= 4 is 33.0 Å². The highest BCUT2D eigenvalue weighted by atomic mass is 32.2. The van der Waals surface area contributed by atoms with Crippen molar-refractivity contribution in [2.75, 3.05) is 32.1 Å². The fourth-order valence-corrected chi connectivity index (χ4v) is 4.85. The number of rotatable bonds is 6. The lowest BCUT2D eigenvalue weighted by molar-refractivity contribution is 0.0941. The number of benzene rings is 1. The van der Waals surface area contributed by atoms with E-state index in [1.54, 1.807) is 23.5 Å². The lowest BCUT2D eigenvalue weighted by atomic mass is 10.1. The van der Waals surface area contributed by atoms with Gasteiger partial charge in [-0.3, -0.25) is 4.79 Å². The van der Waals surface area contributed by atoms with Gasteiger partial charge in [-0.05, 0) is 49.4 Å². The SMILES string of the molecule is CC(NC(=O)c1cc(S(=O)(=O)N(C)C)ccc1N1CCCC1)c1cccs1. The van der Waals surface area contributed by atoms with Crippen LogP contribution in [0.3, 0.4) is 0 Å². The standard InChI is InChI=1S/C19H25N3O3S2/c1-14(18-7-6-12-26-18)20-19(23)16-13-15(27(24,25)21(2)3)8-9-17(16)22-10-4-5-11-22/h6-9,12-14H,4-5,10-11H2,1-3H3,(H,20,23). The van der Waals surface area contributed by atoms with Crippen molar-refractivity contribution < 1.29 is 13.2 Å². The van der Waals surface area contributed by atoms with Crippen LogP contribution >= 0.6 is 11.3 Å². The summed E-state index contributed by atoms with van der Waals surface area (Å²) in [5.41, 5.74) is 1.20. The Morgan fingerprint density at radius 1 is 1.22 bits per heavy atom. The van der Waals surface area contributed by atoms with Crippen LogP contribution in [0.5, 0.6) is 0 Å². The van der Waals surface area contributed by atoms with Gasteiger partial charge in [0, 0.05) is 37.7 Å². The summed E-state index contributed by atoms with van der Waals surface area (Å²) in [6.07, 6.45) is 2.15. The summed E-state index contributed by atoms with van der Waals surface area (Å²) in [6, 6.07) is 8.62. The third kappa shape index (κ3) is 4.17. The van der Waals surface area contributed by atoms with Crippen LogP contribution < -0.4 is 10.2 Å². The molecule has 1 aromatic carbocycles. The van der Waals surface area contributed by atoms with Gasteiger partial charge in [0.2, 0.25) is 10.0 Å². The van der Waals surface area contributed by atoms with Crippen molar-refractivity contribution in [1.82, 2.24) is 9.62 Å². The summed E-state index contributed by atoms with van der Waals surface area (Å²) in [6.45, 7) is 3.68. The van der Waals surface area contributed by atoms with Crippen molar-refractivity contribution in [1.29, 1.82) is 0 Å². The molecule has 1 aliphatic heterocycles. The molecule has 0 radical (unpaired) electrons. The first kappa shape index (κ1) is 19.9. The van der Waals surface area contributed by atoms with Gasteiger partial charge < -0.3 is 10.2 Å². The summed E-state index contributed by atoms with van der Waals surface area (Å²) in [7, 11) is -0.631. The molecule has 1 saturated heterocycles. The average Bonchev–Trinajstić information content (AvgIpc) is 3.34. The van der Waals surface area contributed by atoms with E-state index in [9.17, 15) is 13.2 Å². The van der Waals surface area contributed by atoms with Gasteiger partial charge >= 0.3 is 0 Å². The predicted octanol–water partition coefficient (Wildman–Crippen LogP) is 3.09. The van der Waals surface area contributed by atoms with Gasteiger partial charge in [-0.2, -0.15) is 0 Å². The van der Waals surface area contributed by atoms with Crippen LogP contribution in [0.2, 0.25) is 0 Å². The maximum atomic E-state index is 13.0. The van der Waals surface area contributed by atoms with Crippen LogP contribution in [0.4, 0.5) is 5.69 Å². The van der Waals surface area contributed by atoms with E-state index < -0.39 is 10.0 Å². The van der Waals surface area contributed by atoms with E-state index in [-0.39, 0.29) is 16.8 Å². The fourth-order valence-electron chi connectivity index (χ4n) is 3.19. The van der Waals surface area contributed by atoms with Gasteiger partial charge in [-0.15, -0.1) is 11.3 Å². The Kier molecular flexibility index (Phi) is 5.88. The van der Waals surface area contributed by atoms with Crippen LogP contribution in [0.15, 0.2) is 40.6 Å². The Bertz CT molecular complexity index is 902. The largest absolute Gasteiger partial charge is 0.371 e. The molecule has 0 aliphatic carbocycles. The van der Waals surface area contributed by atoms with E-state index >= 15 is 0 Å². The molecule has 1 fully saturated rings. The Hall–Kier alpha value is -1.90. The van der Waals surface area contributed by atoms with Crippen molar-refractivity contribution in [3.05, 3.63) is 46.2 Å². The smallest absolute Gasteiger partial charge is 0.253 e. The minimum atomic E-state index is -3.61. The summed E-state index contributed by atoms with van der Waals surface area (Å²) in [5, 5.41) is 4.98.